The third kappa shape index (κ3) is 4.37. The van der Waals surface area contributed by atoms with E-state index in [2.05, 4.69) is 44.1 Å². The molecule has 2 heterocycles. The molecule has 0 saturated carbocycles. The summed E-state index contributed by atoms with van der Waals surface area (Å²) in [5.74, 6) is -0.106. The molecule has 0 bridgehead atoms. The molecule has 1 aromatic carbocycles. The first kappa shape index (κ1) is 17.0. The molecule has 0 spiro atoms. The van der Waals surface area contributed by atoms with Crippen LogP contribution in [0.25, 0.3) is 0 Å². The van der Waals surface area contributed by atoms with Crippen molar-refractivity contribution in [3.8, 4) is 0 Å². The maximum atomic E-state index is 12.3. The molecule has 1 amide bonds. The van der Waals surface area contributed by atoms with Crippen LogP contribution in [0.1, 0.15) is 27.9 Å². The Bertz CT molecular complexity index is 662. The maximum absolute atomic E-state index is 12.3. The predicted octanol–water partition coefficient (Wildman–Crippen LogP) is 1.73. The van der Waals surface area contributed by atoms with Crippen LogP contribution in [0.2, 0.25) is 0 Å². The van der Waals surface area contributed by atoms with Gasteiger partial charge in [-0.25, -0.2) is 0 Å². The maximum Gasteiger partial charge on any atom is 0.265 e. The van der Waals surface area contributed by atoms with Crippen molar-refractivity contribution in [3.63, 3.8) is 0 Å². The summed E-state index contributed by atoms with van der Waals surface area (Å²) in [5, 5.41) is 6.93. The normalized spacial score (nSPS) is 18.5. The number of benzene rings is 1. The number of nitrogens with zero attached hydrogens (tertiary/aromatic N) is 3. The summed E-state index contributed by atoms with van der Waals surface area (Å²) in [6, 6.07) is 10.4. The molecule has 0 unspecified atom stereocenters. The Labute approximate surface area is 146 Å². The summed E-state index contributed by atoms with van der Waals surface area (Å²) in [7, 11) is 0. The number of hydrogen-bond donors (Lipinski definition) is 1. The van der Waals surface area contributed by atoms with Crippen LogP contribution in [-0.2, 0) is 17.7 Å². The Morgan fingerprint density at radius 2 is 2.25 bits per heavy atom. The minimum atomic E-state index is -0.106. The SMILES string of the molecule is CCc1nnsc1C(=O)NC[C@@H]1CN(Cc2ccccc2)CCO1. The van der Waals surface area contributed by atoms with Crippen LogP contribution >= 0.6 is 11.5 Å². The molecular formula is C17H22N4O2S. The lowest BCUT2D eigenvalue weighted by atomic mass is 10.2. The lowest BCUT2D eigenvalue weighted by molar-refractivity contribution is -0.0292. The predicted molar refractivity (Wildman–Crippen MR) is 93.1 cm³/mol. The zero-order valence-corrected chi connectivity index (χ0v) is 14.6. The second-order valence-electron chi connectivity index (χ2n) is 5.83. The number of ether oxygens (including phenoxy) is 1. The lowest BCUT2D eigenvalue weighted by Crippen LogP contribution is -2.47. The van der Waals surface area contributed by atoms with Crippen LogP contribution in [-0.4, -0.2) is 52.7 Å². The van der Waals surface area contributed by atoms with E-state index in [0.717, 1.165) is 36.9 Å². The monoisotopic (exact) mass is 346 g/mol. The van der Waals surface area contributed by atoms with Gasteiger partial charge in [-0.15, -0.1) is 5.10 Å². The molecule has 1 fully saturated rings. The van der Waals surface area contributed by atoms with Crippen LogP contribution < -0.4 is 5.32 Å². The van der Waals surface area contributed by atoms with E-state index in [4.69, 9.17) is 4.74 Å². The van der Waals surface area contributed by atoms with Crippen LogP contribution in [0.3, 0.4) is 0 Å². The average molecular weight is 346 g/mol. The Hall–Kier alpha value is -1.83. The molecule has 1 saturated heterocycles. The van der Waals surface area contributed by atoms with Gasteiger partial charge in [-0.2, -0.15) is 0 Å². The number of nitrogens with one attached hydrogen (secondary N) is 1. The lowest BCUT2D eigenvalue weighted by Gasteiger charge is -2.33. The van der Waals surface area contributed by atoms with E-state index in [1.807, 2.05) is 13.0 Å². The van der Waals surface area contributed by atoms with Gasteiger partial charge in [0, 0.05) is 26.2 Å². The van der Waals surface area contributed by atoms with Crippen LogP contribution in [0.15, 0.2) is 30.3 Å². The molecule has 2 aromatic rings. The molecule has 1 aliphatic heterocycles. The van der Waals surface area contributed by atoms with Crippen molar-refractivity contribution >= 4 is 17.4 Å². The van der Waals surface area contributed by atoms with Crippen molar-refractivity contribution in [2.24, 2.45) is 0 Å². The molecule has 128 valence electrons. The fraction of sp³-hybridized carbons (Fsp3) is 0.471. The van der Waals surface area contributed by atoms with E-state index in [1.54, 1.807) is 0 Å². The number of carbonyl (C=O) groups excluding carboxylic acids is 1. The molecule has 1 atom stereocenters. The summed E-state index contributed by atoms with van der Waals surface area (Å²) in [6.45, 7) is 5.81. The molecule has 6 nitrogen and oxygen atoms in total. The third-order valence-electron chi connectivity index (χ3n) is 4.06. The number of aryl methyl sites for hydroxylation is 1. The second kappa shape index (κ2) is 8.32. The Morgan fingerprint density at radius 3 is 3.04 bits per heavy atom. The van der Waals surface area contributed by atoms with Crippen LogP contribution in [0, 0.1) is 0 Å². The van der Waals surface area contributed by atoms with Gasteiger partial charge < -0.3 is 10.1 Å². The highest BCUT2D eigenvalue weighted by Crippen LogP contribution is 2.12. The first-order valence-corrected chi connectivity index (χ1v) is 9.01. The van der Waals surface area contributed by atoms with Crippen molar-refractivity contribution in [1.82, 2.24) is 19.8 Å². The van der Waals surface area contributed by atoms with Gasteiger partial charge in [-0.3, -0.25) is 9.69 Å². The zero-order chi connectivity index (χ0) is 16.8. The first-order chi connectivity index (χ1) is 11.8. The minimum Gasteiger partial charge on any atom is -0.374 e. The summed E-state index contributed by atoms with van der Waals surface area (Å²) in [4.78, 5) is 15.2. The van der Waals surface area contributed by atoms with Gasteiger partial charge in [0.25, 0.3) is 5.91 Å². The van der Waals surface area contributed by atoms with E-state index < -0.39 is 0 Å². The molecule has 1 aromatic heterocycles. The van der Waals surface area contributed by atoms with Gasteiger partial charge in [-0.05, 0) is 23.5 Å². The summed E-state index contributed by atoms with van der Waals surface area (Å²) in [5.41, 5.74) is 2.05. The van der Waals surface area contributed by atoms with Crippen molar-refractivity contribution in [2.75, 3.05) is 26.2 Å². The molecule has 0 radical (unpaired) electrons. The second-order valence-corrected chi connectivity index (χ2v) is 6.58. The Morgan fingerprint density at radius 1 is 1.42 bits per heavy atom. The van der Waals surface area contributed by atoms with E-state index >= 15 is 0 Å². The number of aromatic nitrogens is 2. The van der Waals surface area contributed by atoms with Gasteiger partial charge in [0.15, 0.2) is 0 Å². The third-order valence-corrected chi connectivity index (χ3v) is 4.83. The van der Waals surface area contributed by atoms with Crippen LogP contribution in [0.4, 0.5) is 0 Å². The number of carbonyl (C=O) groups is 1. The summed E-state index contributed by atoms with van der Waals surface area (Å²) < 4.78 is 9.65. The van der Waals surface area contributed by atoms with Gasteiger partial charge in [-0.1, -0.05) is 41.7 Å². The highest BCUT2D eigenvalue weighted by molar-refractivity contribution is 7.08. The van der Waals surface area contributed by atoms with Gasteiger partial charge >= 0.3 is 0 Å². The zero-order valence-electron chi connectivity index (χ0n) is 13.8. The molecule has 1 N–H and O–H groups in total. The minimum absolute atomic E-state index is 0.0115. The molecule has 7 heteroatoms. The van der Waals surface area contributed by atoms with E-state index in [-0.39, 0.29) is 12.0 Å². The fourth-order valence-electron chi connectivity index (χ4n) is 2.79. The quantitative estimate of drug-likeness (QED) is 0.863. The Balaban J connectivity index is 1.49. The van der Waals surface area contributed by atoms with Gasteiger partial charge in [0.05, 0.1) is 18.4 Å². The average Bonchev–Trinajstić information content (AvgIpc) is 3.10. The largest absolute Gasteiger partial charge is 0.374 e. The summed E-state index contributed by atoms with van der Waals surface area (Å²) in [6.07, 6.45) is 0.724. The van der Waals surface area contributed by atoms with Crippen molar-refractivity contribution in [3.05, 3.63) is 46.5 Å². The van der Waals surface area contributed by atoms with Gasteiger partial charge in [0.1, 0.15) is 4.88 Å². The first-order valence-electron chi connectivity index (χ1n) is 8.23. The van der Waals surface area contributed by atoms with Gasteiger partial charge in [0.2, 0.25) is 0 Å². The summed E-state index contributed by atoms with van der Waals surface area (Å²) >= 11 is 1.15. The molecule has 0 aliphatic carbocycles. The molecule has 1 aliphatic rings. The smallest absolute Gasteiger partial charge is 0.265 e. The van der Waals surface area contributed by atoms with Crippen LogP contribution in [0.5, 0.6) is 0 Å². The standard InChI is InChI=1S/C17H22N4O2S/c1-2-15-16(24-20-19-15)17(22)18-10-14-12-21(8-9-23-14)11-13-6-4-3-5-7-13/h3-7,14H,2,8-12H2,1H3,(H,18,22)/t14-/m1/s1. The van der Waals surface area contributed by atoms with Crippen molar-refractivity contribution in [1.29, 1.82) is 0 Å². The Kier molecular flexibility index (Phi) is 5.90. The van der Waals surface area contributed by atoms with Crippen molar-refractivity contribution in [2.45, 2.75) is 26.0 Å². The molecular weight excluding hydrogens is 324 g/mol. The van der Waals surface area contributed by atoms with Crippen molar-refractivity contribution < 1.29 is 9.53 Å². The highest BCUT2D eigenvalue weighted by Gasteiger charge is 2.22. The number of hydrogen-bond acceptors (Lipinski definition) is 6. The number of amides is 1. The topological polar surface area (TPSA) is 67.4 Å². The number of rotatable bonds is 6. The van der Waals surface area contributed by atoms with E-state index in [0.29, 0.717) is 24.4 Å². The molecule has 3 rings (SSSR count). The highest BCUT2D eigenvalue weighted by atomic mass is 32.1. The fourth-order valence-corrected chi connectivity index (χ4v) is 3.46. The molecule has 24 heavy (non-hydrogen) atoms. The van der Waals surface area contributed by atoms with E-state index in [1.165, 1.54) is 5.56 Å². The van der Waals surface area contributed by atoms with E-state index in [9.17, 15) is 4.79 Å². The number of morpholine rings is 1.